The van der Waals surface area contributed by atoms with E-state index >= 15 is 0 Å². The Bertz CT molecular complexity index is 1600. The van der Waals surface area contributed by atoms with Crippen LogP contribution in [0.4, 0.5) is 22.4 Å². The number of carbonyl (C=O) groups excluding carboxylic acids is 1. The molecule has 1 atom stereocenters. The third-order valence-corrected chi connectivity index (χ3v) is 6.97. The summed E-state index contributed by atoms with van der Waals surface area (Å²) in [4.78, 5) is 37.7. The lowest BCUT2D eigenvalue weighted by molar-refractivity contribution is -0.138. The van der Waals surface area contributed by atoms with Gasteiger partial charge in [0.25, 0.3) is 0 Å². The molecule has 0 saturated heterocycles. The SMILES string of the molecule is O=C(O)NC(CNC(=O)Cn1nc(-c2ccc(Cl)s2)n(Cc2ccccc2F)c1=O)c1ccccc1C(F)(F)F. The smallest absolute Gasteiger partial charge is 0.416 e. The molecule has 40 heavy (non-hydrogen) atoms. The Morgan fingerprint density at radius 2 is 1.77 bits per heavy atom. The molecule has 3 N–H and O–H groups in total. The molecule has 0 aliphatic carbocycles. The molecule has 210 valence electrons. The van der Waals surface area contributed by atoms with Crippen LogP contribution in [0.1, 0.15) is 22.7 Å². The molecular weight excluding hydrogens is 578 g/mol. The van der Waals surface area contributed by atoms with Crippen LogP contribution in [0.2, 0.25) is 4.34 Å². The van der Waals surface area contributed by atoms with Crippen molar-refractivity contribution in [2.24, 2.45) is 0 Å². The third-order valence-electron chi connectivity index (χ3n) is 5.74. The first kappa shape index (κ1) is 28.8. The quantitative estimate of drug-likeness (QED) is 0.241. The maximum atomic E-state index is 14.3. The molecule has 4 rings (SSSR count). The Morgan fingerprint density at radius 1 is 1.07 bits per heavy atom. The van der Waals surface area contributed by atoms with Crippen molar-refractivity contribution in [1.82, 2.24) is 25.0 Å². The Hall–Kier alpha value is -4.17. The highest BCUT2D eigenvalue weighted by Gasteiger charge is 2.35. The molecule has 1 unspecified atom stereocenters. The molecule has 9 nitrogen and oxygen atoms in total. The summed E-state index contributed by atoms with van der Waals surface area (Å²) in [6.07, 6.45) is -6.36. The van der Waals surface area contributed by atoms with Crippen LogP contribution in [0.5, 0.6) is 0 Å². The number of thiophene rings is 1. The summed E-state index contributed by atoms with van der Waals surface area (Å²) in [6.45, 7) is -1.39. The molecule has 0 saturated carbocycles. The number of hydrogen-bond donors (Lipinski definition) is 3. The lowest BCUT2D eigenvalue weighted by Gasteiger charge is -2.22. The average molecular weight is 598 g/mol. The van der Waals surface area contributed by atoms with Crippen LogP contribution in [-0.4, -0.2) is 38.0 Å². The number of amides is 2. The highest BCUT2D eigenvalue weighted by atomic mass is 35.5. The topological polar surface area (TPSA) is 118 Å². The third kappa shape index (κ3) is 6.69. The molecule has 15 heteroatoms. The highest BCUT2D eigenvalue weighted by molar-refractivity contribution is 7.19. The maximum absolute atomic E-state index is 14.3. The lowest BCUT2D eigenvalue weighted by atomic mass is 9.99. The van der Waals surface area contributed by atoms with E-state index in [1.807, 2.05) is 5.32 Å². The summed E-state index contributed by atoms with van der Waals surface area (Å²) < 4.78 is 57.2. The van der Waals surface area contributed by atoms with Crippen molar-refractivity contribution in [2.45, 2.75) is 25.3 Å². The minimum atomic E-state index is -4.77. The molecule has 2 heterocycles. The van der Waals surface area contributed by atoms with Crippen molar-refractivity contribution in [3.05, 3.63) is 98.0 Å². The zero-order valence-electron chi connectivity index (χ0n) is 20.3. The summed E-state index contributed by atoms with van der Waals surface area (Å²) in [5.41, 5.74) is -2.00. The standard InChI is InChI=1S/C25H20ClF4N5O4S/c26-20-10-9-19(40-20)22-33-35(24(39)34(22)12-14-5-1-4-8-17(14)27)13-21(36)31-11-18(32-23(37)38)15-6-2-3-7-16(15)25(28,29)30/h1-10,18,32H,11-13H2,(H,31,36)(H,37,38). The van der Waals surface area contributed by atoms with E-state index in [4.69, 9.17) is 16.7 Å². The first-order chi connectivity index (χ1) is 18.9. The second-order valence-corrected chi connectivity index (χ2v) is 10.2. The lowest BCUT2D eigenvalue weighted by Crippen LogP contribution is -2.40. The minimum Gasteiger partial charge on any atom is -0.465 e. The predicted octanol–water partition coefficient (Wildman–Crippen LogP) is 4.76. The fraction of sp³-hybridized carbons (Fsp3) is 0.200. The van der Waals surface area contributed by atoms with E-state index in [9.17, 15) is 31.9 Å². The number of halogens is 5. The van der Waals surface area contributed by atoms with Gasteiger partial charge in [0.15, 0.2) is 5.82 Å². The number of nitrogens with one attached hydrogen (secondary N) is 2. The molecule has 0 bridgehead atoms. The van der Waals surface area contributed by atoms with Crippen LogP contribution in [0.15, 0.2) is 65.5 Å². The monoisotopic (exact) mass is 597 g/mol. The van der Waals surface area contributed by atoms with Gasteiger partial charge in [0.2, 0.25) is 5.91 Å². The Kier molecular flexibility index (Phi) is 8.59. The van der Waals surface area contributed by atoms with E-state index in [2.05, 4.69) is 10.4 Å². The number of rotatable bonds is 9. The van der Waals surface area contributed by atoms with Crippen molar-refractivity contribution in [2.75, 3.05) is 6.54 Å². The normalized spacial score (nSPS) is 12.2. The summed E-state index contributed by atoms with van der Waals surface area (Å²) in [7, 11) is 0. The molecule has 0 fully saturated rings. The predicted molar refractivity (Wildman–Crippen MR) is 139 cm³/mol. The first-order valence-electron chi connectivity index (χ1n) is 11.5. The van der Waals surface area contributed by atoms with Gasteiger partial charge < -0.3 is 15.7 Å². The summed E-state index contributed by atoms with van der Waals surface area (Å²) >= 11 is 7.14. The van der Waals surface area contributed by atoms with E-state index < -0.39 is 54.4 Å². The largest absolute Gasteiger partial charge is 0.465 e. The van der Waals surface area contributed by atoms with Gasteiger partial charge in [-0.3, -0.25) is 9.36 Å². The molecule has 0 spiro atoms. The number of benzene rings is 2. The molecule has 0 aliphatic heterocycles. The van der Waals surface area contributed by atoms with Crippen molar-refractivity contribution in [3.8, 4) is 10.7 Å². The average Bonchev–Trinajstić information content (AvgIpc) is 3.45. The van der Waals surface area contributed by atoms with Crippen LogP contribution < -0.4 is 16.3 Å². The Labute approximate surface area is 232 Å². The molecule has 4 aromatic rings. The van der Waals surface area contributed by atoms with E-state index in [1.54, 1.807) is 18.2 Å². The van der Waals surface area contributed by atoms with Crippen LogP contribution in [-0.2, 0) is 24.1 Å². The zero-order valence-corrected chi connectivity index (χ0v) is 21.9. The van der Waals surface area contributed by atoms with E-state index in [-0.39, 0.29) is 23.5 Å². The van der Waals surface area contributed by atoms with Crippen LogP contribution in [0.3, 0.4) is 0 Å². The second kappa shape index (κ2) is 11.9. The highest BCUT2D eigenvalue weighted by Crippen LogP contribution is 2.34. The Balaban J connectivity index is 1.58. The summed E-state index contributed by atoms with van der Waals surface area (Å²) in [6, 6.07) is 11.9. The van der Waals surface area contributed by atoms with Gasteiger partial charge in [0.1, 0.15) is 12.4 Å². The second-order valence-electron chi connectivity index (χ2n) is 8.44. The van der Waals surface area contributed by atoms with Crippen LogP contribution >= 0.6 is 22.9 Å². The fourth-order valence-corrected chi connectivity index (χ4v) is 4.99. The van der Waals surface area contributed by atoms with Gasteiger partial charge in [-0.05, 0) is 29.8 Å². The molecule has 2 aromatic carbocycles. The van der Waals surface area contributed by atoms with Crippen LogP contribution in [0.25, 0.3) is 10.7 Å². The van der Waals surface area contributed by atoms with Gasteiger partial charge >= 0.3 is 18.0 Å². The van der Waals surface area contributed by atoms with E-state index in [0.717, 1.165) is 34.2 Å². The minimum absolute atomic E-state index is 0.127. The van der Waals surface area contributed by atoms with Gasteiger partial charge in [0.05, 0.1) is 27.4 Å². The van der Waals surface area contributed by atoms with Gasteiger partial charge in [-0.25, -0.2) is 18.7 Å². The fourth-order valence-electron chi connectivity index (χ4n) is 3.95. The molecule has 0 aliphatic rings. The Morgan fingerprint density at radius 3 is 2.42 bits per heavy atom. The summed E-state index contributed by atoms with van der Waals surface area (Å²) in [5.74, 6) is -1.25. The van der Waals surface area contributed by atoms with Crippen molar-refractivity contribution < 1.29 is 32.3 Å². The van der Waals surface area contributed by atoms with Crippen molar-refractivity contribution >= 4 is 34.9 Å². The number of nitrogens with zero attached hydrogens (tertiary/aromatic N) is 3. The van der Waals surface area contributed by atoms with E-state index in [0.29, 0.717) is 9.21 Å². The van der Waals surface area contributed by atoms with E-state index in [1.165, 1.54) is 28.8 Å². The van der Waals surface area contributed by atoms with Crippen molar-refractivity contribution in [3.63, 3.8) is 0 Å². The molecule has 2 amide bonds. The molecular formula is C25H20ClF4N5O4S. The number of carboxylic acid groups (broad SMARTS) is 1. The number of aromatic nitrogens is 3. The van der Waals surface area contributed by atoms with Crippen LogP contribution in [0, 0.1) is 5.82 Å². The molecule has 2 aromatic heterocycles. The van der Waals surface area contributed by atoms with Gasteiger partial charge in [-0.2, -0.15) is 13.2 Å². The number of alkyl halides is 3. The summed E-state index contributed by atoms with van der Waals surface area (Å²) in [5, 5.41) is 17.7. The zero-order chi connectivity index (χ0) is 29.0. The number of carbonyl (C=O) groups is 2. The van der Waals surface area contributed by atoms with Gasteiger partial charge in [-0.1, -0.05) is 48.0 Å². The molecule has 0 radical (unpaired) electrons. The van der Waals surface area contributed by atoms with Gasteiger partial charge in [0, 0.05) is 12.1 Å². The number of hydrogen-bond acceptors (Lipinski definition) is 5. The first-order valence-corrected chi connectivity index (χ1v) is 12.7. The maximum Gasteiger partial charge on any atom is 0.416 e. The van der Waals surface area contributed by atoms with Crippen molar-refractivity contribution in [1.29, 1.82) is 0 Å². The van der Waals surface area contributed by atoms with Gasteiger partial charge in [-0.15, -0.1) is 16.4 Å².